The lowest BCUT2D eigenvalue weighted by molar-refractivity contribution is 0.172. The van der Waals surface area contributed by atoms with E-state index < -0.39 is 9.84 Å². The fourth-order valence-electron chi connectivity index (χ4n) is 2.88. The Kier molecular flexibility index (Phi) is 5.79. The molecule has 1 aromatic rings. The molecule has 5 heteroatoms. The summed E-state index contributed by atoms with van der Waals surface area (Å²) in [6, 6.07) is 7.29. The van der Waals surface area contributed by atoms with Crippen molar-refractivity contribution < 1.29 is 8.42 Å². The number of rotatable bonds is 6. The first kappa shape index (κ1) is 16.5. The quantitative estimate of drug-likeness (QED) is 0.872. The number of piperidine rings is 1. The minimum absolute atomic E-state index is 0.400. The highest BCUT2D eigenvalue weighted by Gasteiger charge is 2.18. The summed E-state index contributed by atoms with van der Waals surface area (Å²) in [6.45, 7) is 4.31. The second-order valence-corrected chi connectivity index (χ2v) is 8.04. The number of nitrogens with one attached hydrogen (secondary N) is 1. The second kappa shape index (κ2) is 7.38. The molecule has 0 spiro atoms. The van der Waals surface area contributed by atoms with Gasteiger partial charge in [0.2, 0.25) is 0 Å². The van der Waals surface area contributed by atoms with Crippen molar-refractivity contribution in [2.45, 2.75) is 30.7 Å². The molecule has 1 saturated heterocycles. The molecule has 1 fully saturated rings. The van der Waals surface area contributed by atoms with Crippen molar-refractivity contribution in [1.29, 1.82) is 0 Å². The van der Waals surface area contributed by atoms with Crippen LogP contribution in [0.1, 0.15) is 24.8 Å². The molecule has 0 radical (unpaired) electrons. The first-order valence-electron chi connectivity index (χ1n) is 7.65. The van der Waals surface area contributed by atoms with Crippen LogP contribution in [0.4, 0.5) is 0 Å². The number of likely N-dealkylation sites (tertiary alicyclic amines) is 1. The highest BCUT2D eigenvalue weighted by Crippen LogP contribution is 2.21. The zero-order valence-corrected chi connectivity index (χ0v) is 13.8. The van der Waals surface area contributed by atoms with E-state index in [1.165, 1.54) is 31.1 Å². The maximum atomic E-state index is 11.4. The van der Waals surface area contributed by atoms with Crippen LogP contribution in [0.3, 0.4) is 0 Å². The van der Waals surface area contributed by atoms with E-state index in [0.717, 1.165) is 32.1 Å². The molecule has 1 aliphatic rings. The molecule has 4 nitrogen and oxygen atoms in total. The van der Waals surface area contributed by atoms with Gasteiger partial charge in [-0.15, -0.1) is 0 Å². The fraction of sp³-hybridized carbons (Fsp3) is 0.625. The molecule has 1 N–H and O–H groups in total. The predicted octanol–water partition coefficient (Wildman–Crippen LogP) is 1.91. The fourth-order valence-corrected chi connectivity index (χ4v) is 3.51. The maximum absolute atomic E-state index is 11.4. The zero-order chi connectivity index (χ0) is 15.3. The van der Waals surface area contributed by atoms with Crippen molar-refractivity contribution in [3.05, 3.63) is 29.8 Å². The van der Waals surface area contributed by atoms with Gasteiger partial charge in [-0.3, -0.25) is 4.90 Å². The minimum Gasteiger partial charge on any atom is -0.320 e. The molecule has 0 bridgehead atoms. The third-order valence-corrected chi connectivity index (χ3v) is 5.40. The van der Waals surface area contributed by atoms with Crippen LogP contribution in [-0.2, 0) is 16.4 Å². The molecular weight excluding hydrogens is 284 g/mol. The largest absolute Gasteiger partial charge is 0.320 e. The van der Waals surface area contributed by atoms with E-state index in [9.17, 15) is 8.42 Å². The number of hydrogen-bond donors (Lipinski definition) is 1. The maximum Gasteiger partial charge on any atom is 0.175 e. The van der Waals surface area contributed by atoms with Gasteiger partial charge in [-0.25, -0.2) is 8.42 Å². The lowest BCUT2D eigenvalue weighted by Crippen LogP contribution is -2.34. The third-order valence-electron chi connectivity index (χ3n) is 4.27. The molecule has 118 valence electrons. The van der Waals surface area contributed by atoms with Gasteiger partial charge in [0, 0.05) is 12.8 Å². The summed E-state index contributed by atoms with van der Waals surface area (Å²) in [7, 11) is -1.08. The van der Waals surface area contributed by atoms with Gasteiger partial charge < -0.3 is 5.32 Å². The molecule has 0 saturated carbocycles. The molecule has 1 heterocycles. The van der Waals surface area contributed by atoms with Gasteiger partial charge in [0.05, 0.1) is 4.90 Å². The van der Waals surface area contributed by atoms with E-state index in [0.29, 0.717) is 4.90 Å². The van der Waals surface area contributed by atoms with Crippen LogP contribution in [0.25, 0.3) is 0 Å². The predicted molar refractivity (Wildman–Crippen MR) is 86.1 cm³/mol. The molecule has 1 aromatic carbocycles. The van der Waals surface area contributed by atoms with Crippen molar-refractivity contribution in [1.82, 2.24) is 10.2 Å². The van der Waals surface area contributed by atoms with Crippen molar-refractivity contribution in [2.24, 2.45) is 5.92 Å². The standard InChI is InChI=1S/C16H26N2O2S/c1-17-10-7-14-8-11-18(12-9-14)13-15-3-5-16(6-4-15)21(2,19)20/h3-6,14,17H,7-13H2,1-2H3. The summed E-state index contributed by atoms with van der Waals surface area (Å²) in [5.41, 5.74) is 1.19. The lowest BCUT2D eigenvalue weighted by atomic mass is 9.93. The molecule has 0 aliphatic carbocycles. The highest BCUT2D eigenvalue weighted by molar-refractivity contribution is 7.90. The van der Waals surface area contributed by atoms with E-state index in [1.807, 2.05) is 19.2 Å². The summed E-state index contributed by atoms with van der Waals surface area (Å²) in [6.07, 6.45) is 5.05. The average Bonchev–Trinajstić information content (AvgIpc) is 2.46. The first-order valence-corrected chi connectivity index (χ1v) is 9.54. The van der Waals surface area contributed by atoms with Crippen LogP contribution in [0.2, 0.25) is 0 Å². The Labute approximate surface area is 128 Å². The summed E-state index contributed by atoms with van der Waals surface area (Å²) in [4.78, 5) is 2.86. The monoisotopic (exact) mass is 310 g/mol. The SMILES string of the molecule is CNCCC1CCN(Cc2ccc(S(C)(=O)=O)cc2)CC1. The molecule has 1 aliphatic heterocycles. The Morgan fingerprint density at radius 2 is 1.81 bits per heavy atom. The van der Waals surface area contributed by atoms with Gasteiger partial charge in [0.1, 0.15) is 0 Å². The molecule has 21 heavy (non-hydrogen) atoms. The van der Waals surface area contributed by atoms with Gasteiger partial charge in [0.15, 0.2) is 9.84 Å². The van der Waals surface area contributed by atoms with Crippen LogP contribution in [-0.4, -0.2) is 46.3 Å². The van der Waals surface area contributed by atoms with Crippen LogP contribution in [0.5, 0.6) is 0 Å². The minimum atomic E-state index is -3.09. The molecule has 0 amide bonds. The van der Waals surface area contributed by atoms with Crippen LogP contribution in [0.15, 0.2) is 29.2 Å². The van der Waals surface area contributed by atoms with Crippen molar-refractivity contribution in [2.75, 3.05) is 32.9 Å². The Morgan fingerprint density at radius 3 is 2.33 bits per heavy atom. The van der Waals surface area contributed by atoms with Gasteiger partial charge >= 0.3 is 0 Å². The summed E-state index contributed by atoms with van der Waals surface area (Å²) in [5, 5.41) is 3.22. The van der Waals surface area contributed by atoms with Crippen LogP contribution < -0.4 is 5.32 Å². The zero-order valence-electron chi connectivity index (χ0n) is 13.0. The lowest BCUT2D eigenvalue weighted by Gasteiger charge is -2.32. The highest BCUT2D eigenvalue weighted by atomic mass is 32.2. The Morgan fingerprint density at radius 1 is 1.19 bits per heavy atom. The Bertz CT molecular complexity index is 532. The Hall–Kier alpha value is -0.910. The number of benzene rings is 1. The van der Waals surface area contributed by atoms with E-state index in [1.54, 1.807) is 12.1 Å². The van der Waals surface area contributed by atoms with E-state index in [2.05, 4.69) is 10.2 Å². The topological polar surface area (TPSA) is 49.4 Å². The van der Waals surface area contributed by atoms with Crippen LogP contribution >= 0.6 is 0 Å². The smallest absolute Gasteiger partial charge is 0.175 e. The average molecular weight is 310 g/mol. The molecule has 0 aromatic heterocycles. The summed E-state index contributed by atoms with van der Waals surface area (Å²) in [5.74, 6) is 0.848. The molecule has 0 atom stereocenters. The van der Waals surface area contributed by atoms with Gasteiger partial charge in [-0.1, -0.05) is 12.1 Å². The third kappa shape index (κ3) is 5.09. The summed E-state index contributed by atoms with van der Waals surface area (Å²) >= 11 is 0. The van der Waals surface area contributed by atoms with Gasteiger partial charge in [-0.2, -0.15) is 0 Å². The Balaban J connectivity index is 1.83. The van der Waals surface area contributed by atoms with Gasteiger partial charge in [0.25, 0.3) is 0 Å². The summed E-state index contributed by atoms with van der Waals surface area (Å²) < 4.78 is 22.9. The number of nitrogens with zero attached hydrogens (tertiary/aromatic N) is 1. The number of hydrogen-bond acceptors (Lipinski definition) is 4. The first-order chi connectivity index (χ1) is 9.99. The molecule has 2 rings (SSSR count). The van der Waals surface area contributed by atoms with E-state index in [-0.39, 0.29) is 0 Å². The van der Waals surface area contributed by atoms with Crippen LogP contribution in [0, 0.1) is 5.92 Å². The second-order valence-electron chi connectivity index (χ2n) is 6.03. The van der Waals surface area contributed by atoms with E-state index >= 15 is 0 Å². The van der Waals surface area contributed by atoms with Gasteiger partial charge in [-0.05, 0) is 69.6 Å². The van der Waals surface area contributed by atoms with Crippen molar-refractivity contribution >= 4 is 9.84 Å². The van der Waals surface area contributed by atoms with E-state index in [4.69, 9.17) is 0 Å². The number of sulfone groups is 1. The van der Waals surface area contributed by atoms with Crippen molar-refractivity contribution in [3.63, 3.8) is 0 Å². The normalized spacial score (nSPS) is 18.0. The molecule has 0 unspecified atom stereocenters. The van der Waals surface area contributed by atoms with Crippen molar-refractivity contribution in [3.8, 4) is 0 Å². The molecular formula is C16H26N2O2S.